The zero-order valence-electron chi connectivity index (χ0n) is 9.37. The summed E-state index contributed by atoms with van der Waals surface area (Å²) in [5.74, 6) is 0.945. The lowest BCUT2D eigenvalue weighted by Crippen LogP contribution is -2.35. The van der Waals surface area contributed by atoms with Crippen LogP contribution in [0.4, 0.5) is 0 Å². The Morgan fingerprint density at radius 2 is 2.00 bits per heavy atom. The molecule has 1 saturated carbocycles. The van der Waals surface area contributed by atoms with Crippen molar-refractivity contribution in [2.45, 2.75) is 37.8 Å². The lowest BCUT2D eigenvalue weighted by Gasteiger charge is -2.30. The second kappa shape index (κ2) is 3.75. The van der Waals surface area contributed by atoms with Crippen LogP contribution in [0.5, 0.6) is 5.75 Å². The third-order valence-electron chi connectivity index (χ3n) is 3.71. The standard InChI is InChI=1S/C13H17NO2/c14-13(6-1-2-7-13)11-4-3-5-12-10(11)8-15-9-16-12/h3-5H,1-2,6-9,14H2. The van der Waals surface area contributed by atoms with Gasteiger partial charge in [-0.15, -0.1) is 0 Å². The molecule has 1 aromatic carbocycles. The van der Waals surface area contributed by atoms with Gasteiger partial charge in [-0.1, -0.05) is 25.0 Å². The van der Waals surface area contributed by atoms with Gasteiger partial charge >= 0.3 is 0 Å². The number of rotatable bonds is 1. The van der Waals surface area contributed by atoms with Crippen molar-refractivity contribution < 1.29 is 9.47 Å². The first-order valence-corrected chi connectivity index (χ1v) is 5.91. The zero-order chi connectivity index (χ0) is 11.0. The summed E-state index contributed by atoms with van der Waals surface area (Å²) < 4.78 is 10.9. The van der Waals surface area contributed by atoms with E-state index >= 15 is 0 Å². The highest BCUT2D eigenvalue weighted by Crippen LogP contribution is 2.41. The summed E-state index contributed by atoms with van der Waals surface area (Å²) in [5.41, 5.74) is 8.71. The molecule has 0 spiro atoms. The monoisotopic (exact) mass is 219 g/mol. The van der Waals surface area contributed by atoms with Crippen LogP contribution in [0.3, 0.4) is 0 Å². The van der Waals surface area contributed by atoms with Crippen LogP contribution in [0, 0.1) is 0 Å². The number of fused-ring (bicyclic) bond motifs is 1. The van der Waals surface area contributed by atoms with Gasteiger partial charge in [-0.3, -0.25) is 0 Å². The lowest BCUT2D eigenvalue weighted by molar-refractivity contribution is -0.0174. The predicted molar refractivity (Wildman–Crippen MR) is 61.1 cm³/mol. The Kier molecular flexibility index (Phi) is 2.37. The molecule has 2 aliphatic rings. The fraction of sp³-hybridized carbons (Fsp3) is 0.538. The predicted octanol–water partition coefficient (Wildman–Crippen LogP) is 2.28. The van der Waals surface area contributed by atoms with E-state index < -0.39 is 0 Å². The van der Waals surface area contributed by atoms with E-state index in [4.69, 9.17) is 15.2 Å². The Morgan fingerprint density at radius 1 is 1.19 bits per heavy atom. The first kappa shape index (κ1) is 10.1. The van der Waals surface area contributed by atoms with Gasteiger partial charge in [-0.05, 0) is 24.5 Å². The molecule has 1 heterocycles. The van der Waals surface area contributed by atoms with E-state index in [0.717, 1.165) is 24.2 Å². The number of ether oxygens (including phenoxy) is 2. The summed E-state index contributed by atoms with van der Waals surface area (Å²) in [4.78, 5) is 0. The van der Waals surface area contributed by atoms with Gasteiger partial charge in [0.15, 0.2) is 6.79 Å². The molecule has 1 aromatic rings. The maximum absolute atomic E-state index is 6.49. The minimum atomic E-state index is -0.157. The third kappa shape index (κ3) is 1.51. The molecule has 3 heteroatoms. The van der Waals surface area contributed by atoms with Gasteiger partial charge in [0.2, 0.25) is 0 Å². The molecule has 1 fully saturated rings. The van der Waals surface area contributed by atoms with Crippen LogP contribution in [-0.4, -0.2) is 6.79 Å². The molecule has 3 nitrogen and oxygen atoms in total. The highest BCUT2D eigenvalue weighted by atomic mass is 16.7. The topological polar surface area (TPSA) is 44.5 Å². The Labute approximate surface area is 95.5 Å². The van der Waals surface area contributed by atoms with E-state index in [0.29, 0.717) is 13.4 Å². The van der Waals surface area contributed by atoms with Gasteiger partial charge in [0.1, 0.15) is 5.75 Å². The van der Waals surface area contributed by atoms with Crippen LogP contribution < -0.4 is 10.5 Å². The molecule has 16 heavy (non-hydrogen) atoms. The van der Waals surface area contributed by atoms with Crippen molar-refractivity contribution >= 4 is 0 Å². The van der Waals surface area contributed by atoms with Crippen molar-refractivity contribution in [3.8, 4) is 5.75 Å². The van der Waals surface area contributed by atoms with Gasteiger partial charge in [-0.25, -0.2) is 0 Å². The minimum Gasteiger partial charge on any atom is -0.467 e. The number of hydrogen-bond donors (Lipinski definition) is 1. The van der Waals surface area contributed by atoms with Crippen LogP contribution in [0.1, 0.15) is 36.8 Å². The second-order valence-corrected chi connectivity index (χ2v) is 4.76. The largest absolute Gasteiger partial charge is 0.467 e. The van der Waals surface area contributed by atoms with Gasteiger partial charge < -0.3 is 15.2 Å². The normalized spacial score (nSPS) is 22.6. The summed E-state index contributed by atoms with van der Waals surface area (Å²) >= 11 is 0. The maximum atomic E-state index is 6.49. The summed E-state index contributed by atoms with van der Waals surface area (Å²) in [5, 5.41) is 0. The van der Waals surface area contributed by atoms with E-state index in [-0.39, 0.29) is 5.54 Å². The first-order chi connectivity index (χ1) is 7.80. The van der Waals surface area contributed by atoms with Gasteiger partial charge in [0, 0.05) is 11.1 Å². The molecular formula is C13H17NO2. The molecule has 0 radical (unpaired) electrons. The summed E-state index contributed by atoms with van der Waals surface area (Å²) in [6.45, 7) is 0.985. The van der Waals surface area contributed by atoms with E-state index in [1.807, 2.05) is 12.1 Å². The molecule has 1 aliphatic heterocycles. The summed E-state index contributed by atoms with van der Waals surface area (Å²) in [6, 6.07) is 6.16. The van der Waals surface area contributed by atoms with Crippen molar-refractivity contribution in [1.29, 1.82) is 0 Å². The van der Waals surface area contributed by atoms with Gasteiger partial charge in [0.05, 0.1) is 6.61 Å². The van der Waals surface area contributed by atoms with Gasteiger partial charge in [-0.2, -0.15) is 0 Å². The number of nitrogens with two attached hydrogens (primary N) is 1. The molecule has 3 rings (SSSR count). The minimum absolute atomic E-state index is 0.157. The second-order valence-electron chi connectivity index (χ2n) is 4.76. The number of hydrogen-bond acceptors (Lipinski definition) is 3. The molecule has 0 saturated heterocycles. The van der Waals surface area contributed by atoms with E-state index in [1.54, 1.807) is 0 Å². The van der Waals surface area contributed by atoms with Crippen molar-refractivity contribution in [2.75, 3.05) is 6.79 Å². The fourth-order valence-electron chi connectivity index (χ4n) is 2.84. The average Bonchev–Trinajstić information content (AvgIpc) is 2.77. The number of benzene rings is 1. The molecule has 86 valence electrons. The molecule has 0 unspecified atom stereocenters. The highest BCUT2D eigenvalue weighted by Gasteiger charge is 2.34. The summed E-state index contributed by atoms with van der Waals surface area (Å²) in [7, 11) is 0. The lowest BCUT2D eigenvalue weighted by atomic mass is 9.85. The highest BCUT2D eigenvalue weighted by molar-refractivity contribution is 5.44. The summed E-state index contributed by atoms with van der Waals surface area (Å²) in [6.07, 6.45) is 4.59. The Hall–Kier alpha value is -1.06. The van der Waals surface area contributed by atoms with Crippen molar-refractivity contribution in [3.05, 3.63) is 29.3 Å². The SMILES string of the molecule is NC1(c2cccc3c2COCO3)CCCC1. The van der Waals surface area contributed by atoms with Crippen molar-refractivity contribution in [2.24, 2.45) is 5.73 Å². The first-order valence-electron chi connectivity index (χ1n) is 5.91. The Morgan fingerprint density at radius 3 is 2.81 bits per heavy atom. The van der Waals surface area contributed by atoms with E-state index in [9.17, 15) is 0 Å². The molecule has 2 N–H and O–H groups in total. The van der Waals surface area contributed by atoms with Crippen LogP contribution in [0.15, 0.2) is 18.2 Å². The fourth-order valence-corrected chi connectivity index (χ4v) is 2.84. The van der Waals surface area contributed by atoms with Crippen LogP contribution in [-0.2, 0) is 16.9 Å². The smallest absolute Gasteiger partial charge is 0.189 e. The molecule has 0 amide bonds. The van der Waals surface area contributed by atoms with E-state index in [1.165, 1.54) is 18.4 Å². The average molecular weight is 219 g/mol. The molecule has 0 aromatic heterocycles. The van der Waals surface area contributed by atoms with Crippen molar-refractivity contribution in [3.63, 3.8) is 0 Å². The van der Waals surface area contributed by atoms with Crippen LogP contribution in [0.25, 0.3) is 0 Å². The van der Waals surface area contributed by atoms with Gasteiger partial charge in [0.25, 0.3) is 0 Å². The molecular weight excluding hydrogens is 202 g/mol. The van der Waals surface area contributed by atoms with Crippen molar-refractivity contribution in [1.82, 2.24) is 0 Å². The third-order valence-corrected chi connectivity index (χ3v) is 3.71. The van der Waals surface area contributed by atoms with Crippen LogP contribution in [0.2, 0.25) is 0 Å². The molecule has 0 atom stereocenters. The quantitative estimate of drug-likeness (QED) is 0.788. The Bertz CT molecular complexity index is 397. The zero-order valence-corrected chi connectivity index (χ0v) is 9.37. The molecule has 0 bridgehead atoms. The molecule has 1 aliphatic carbocycles. The maximum Gasteiger partial charge on any atom is 0.189 e. The van der Waals surface area contributed by atoms with E-state index in [2.05, 4.69) is 6.07 Å². The Balaban J connectivity index is 2.06. The van der Waals surface area contributed by atoms with Crippen LogP contribution >= 0.6 is 0 Å².